The number of anilines is 1. The van der Waals surface area contributed by atoms with Gasteiger partial charge in [0.1, 0.15) is 5.03 Å². The summed E-state index contributed by atoms with van der Waals surface area (Å²) in [6.07, 6.45) is 2.03. The normalized spacial score (nSPS) is 21.5. The number of hydrogen-bond donors (Lipinski definition) is 2. The Labute approximate surface area is 93.6 Å². The highest BCUT2D eigenvalue weighted by atomic mass is 32.2. The van der Waals surface area contributed by atoms with Crippen LogP contribution in [0.1, 0.15) is 0 Å². The maximum absolute atomic E-state index is 5.80. The Balaban J connectivity index is 1.84. The van der Waals surface area contributed by atoms with Gasteiger partial charge in [0.15, 0.2) is 0 Å². The number of nitrogens with two attached hydrogens (primary N) is 1. The van der Waals surface area contributed by atoms with Crippen molar-refractivity contribution in [2.45, 2.75) is 11.1 Å². The van der Waals surface area contributed by atoms with E-state index in [9.17, 15) is 0 Å². The van der Waals surface area contributed by atoms with E-state index in [0.29, 0.717) is 0 Å². The highest BCUT2D eigenvalue weighted by Crippen LogP contribution is 2.22. The summed E-state index contributed by atoms with van der Waals surface area (Å²) in [5.41, 5.74) is 6.54. The number of aromatic nitrogens is 1. The van der Waals surface area contributed by atoms with Crippen LogP contribution in [-0.2, 0) is 4.74 Å². The molecule has 0 amide bonds. The molecule has 82 valence electrons. The summed E-state index contributed by atoms with van der Waals surface area (Å²) < 4.78 is 5.59. The van der Waals surface area contributed by atoms with Crippen LogP contribution < -0.4 is 11.1 Å². The Hall–Kier alpha value is -0.780. The summed E-state index contributed by atoms with van der Waals surface area (Å²) >= 11 is 1.65. The third-order valence-corrected chi connectivity index (χ3v) is 3.36. The largest absolute Gasteiger partial charge is 0.397 e. The Morgan fingerprint density at radius 3 is 3.33 bits per heavy atom. The van der Waals surface area contributed by atoms with E-state index in [1.165, 1.54) is 0 Å². The summed E-state index contributed by atoms with van der Waals surface area (Å²) in [5.74, 6) is 0.897. The lowest BCUT2D eigenvalue weighted by Gasteiger charge is -2.23. The monoisotopic (exact) mass is 225 g/mol. The van der Waals surface area contributed by atoms with Crippen molar-refractivity contribution in [1.82, 2.24) is 10.3 Å². The summed E-state index contributed by atoms with van der Waals surface area (Å²) in [7, 11) is 0. The quantitative estimate of drug-likeness (QED) is 0.743. The van der Waals surface area contributed by atoms with Gasteiger partial charge in [-0.2, -0.15) is 0 Å². The molecular weight excluding hydrogens is 210 g/mol. The van der Waals surface area contributed by atoms with Crippen molar-refractivity contribution >= 4 is 17.4 Å². The van der Waals surface area contributed by atoms with Crippen molar-refractivity contribution in [2.24, 2.45) is 0 Å². The maximum atomic E-state index is 5.80. The molecule has 2 heterocycles. The Morgan fingerprint density at radius 1 is 1.67 bits per heavy atom. The van der Waals surface area contributed by atoms with Crippen LogP contribution in [-0.4, -0.2) is 36.5 Å². The van der Waals surface area contributed by atoms with Crippen molar-refractivity contribution in [2.75, 3.05) is 31.2 Å². The van der Waals surface area contributed by atoms with Crippen LogP contribution in [0.2, 0.25) is 0 Å². The predicted molar refractivity (Wildman–Crippen MR) is 62.0 cm³/mol. The molecule has 1 aromatic heterocycles. The van der Waals surface area contributed by atoms with Crippen LogP contribution in [0.15, 0.2) is 23.4 Å². The number of morpholine rings is 1. The van der Waals surface area contributed by atoms with Gasteiger partial charge in [0, 0.05) is 25.0 Å². The molecule has 0 bridgehead atoms. The lowest BCUT2D eigenvalue weighted by atomic mass is 10.3. The number of nitrogens with one attached hydrogen (secondary N) is 1. The molecule has 1 aromatic rings. The van der Waals surface area contributed by atoms with Crippen molar-refractivity contribution in [3.63, 3.8) is 0 Å². The summed E-state index contributed by atoms with van der Waals surface area (Å²) in [6, 6.07) is 3.72. The second-order valence-electron chi connectivity index (χ2n) is 3.41. The van der Waals surface area contributed by atoms with E-state index in [1.807, 2.05) is 12.1 Å². The van der Waals surface area contributed by atoms with Crippen LogP contribution in [0, 0.1) is 0 Å². The average Bonchev–Trinajstić information content (AvgIpc) is 2.29. The van der Waals surface area contributed by atoms with Gasteiger partial charge in [0.2, 0.25) is 0 Å². The molecule has 1 fully saturated rings. The fraction of sp³-hybridized carbons (Fsp3) is 0.500. The Kier molecular flexibility index (Phi) is 3.82. The zero-order chi connectivity index (χ0) is 10.5. The van der Waals surface area contributed by atoms with Crippen LogP contribution in [0.4, 0.5) is 5.69 Å². The zero-order valence-corrected chi connectivity index (χ0v) is 9.30. The molecule has 4 nitrogen and oxygen atoms in total. The number of rotatable bonds is 3. The second kappa shape index (κ2) is 5.34. The lowest BCUT2D eigenvalue weighted by molar-refractivity contribution is 0.0440. The molecule has 0 spiro atoms. The summed E-state index contributed by atoms with van der Waals surface area (Å²) in [4.78, 5) is 4.22. The number of pyridine rings is 1. The third-order valence-electron chi connectivity index (χ3n) is 2.21. The van der Waals surface area contributed by atoms with Crippen LogP contribution in [0.5, 0.6) is 0 Å². The summed E-state index contributed by atoms with van der Waals surface area (Å²) in [5, 5.41) is 4.19. The van der Waals surface area contributed by atoms with E-state index < -0.39 is 0 Å². The van der Waals surface area contributed by atoms with Gasteiger partial charge in [0.25, 0.3) is 0 Å². The van der Waals surface area contributed by atoms with Crippen LogP contribution in [0.25, 0.3) is 0 Å². The van der Waals surface area contributed by atoms with Gasteiger partial charge >= 0.3 is 0 Å². The van der Waals surface area contributed by atoms with Gasteiger partial charge in [0.05, 0.1) is 18.4 Å². The minimum atomic E-state index is 0.269. The van der Waals surface area contributed by atoms with Gasteiger partial charge in [-0.15, -0.1) is 11.8 Å². The molecule has 1 aliphatic heterocycles. The smallest absolute Gasteiger partial charge is 0.119 e. The number of ether oxygens (including phenoxy) is 1. The van der Waals surface area contributed by atoms with Crippen LogP contribution >= 0.6 is 11.8 Å². The Bertz CT molecular complexity index is 315. The van der Waals surface area contributed by atoms with Gasteiger partial charge in [-0.1, -0.05) is 0 Å². The molecule has 5 heteroatoms. The lowest BCUT2D eigenvalue weighted by Crippen LogP contribution is -2.39. The number of hydrogen-bond acceptors (Lipinski definition) is 5. The molecule has 0 saturated carbocycles. The van der Waals surface area contributed by atoms with Gasteiger partial charge in [-0.05, 0) is 12.1 Å². The molecule has 2 rings (SSSR count). The molecule has 3 N–H and O–H groups in total. The number of nitrogens with zero attached hydrogens (tertiary/aromatic N) is 1. The average molecular weight is 225 g/mol. The molecule has 1 saturated heterocycles. The highest BCUT2D eigenvalue weighted by Gasteiger charge is 2.14. The standard InChI is InChI=1S/C10H15N3OS/c11-9-2-1-3-13-10(9)15-7-8-6-12-4-5-14-8/h1-3,8,12H,4-7,11H2. The first-order valence-electron chi connectivity index (χ1n) is 5.02. The Morgan fingerprint density at radius 2 is 2.60 bits per heavy atom. The topological polar surface area (TPSA) is 60.2 Å². The van der Waals surface area contributed by atoms with Gasteiger partial charge < -0.3 is 15.8 Å². The third kappa shape index (κ3) is 3.09. The molecule has 0 aliphatic carbocycles. The van der Waals surface area contributed by atoms with E-state index in [1.54, 1.807) is 18.0 Å². The van der Waals surface area contributed by atoms with E-state index in [-0.39, 0.29) is 6.10 Å². The minimum Gasteiger partial charge on any atom is -0.397 e. The fourth-order valence-electron chi connectivity index (χ4n) is 1.42. The van der Waals surface area contributed by atoms with Crippen LogP contribution in [0.3, 0.4) is 0 Å². The molecule has 1 unspecified atom stereocenters. The first-order chi connectivity index (χ1) is 7.36. The van der Waals surface area contributed by atoms with Gasteiger partial charge in [-0.3, -0.25) is 0 Å². The molecule has 1 aliphatic rings. The predicted octanol–water partition coefficient (Wildman–Crippen LogP) is 0.744. The molecule has 0 radical (unpaired) electrons. The van der Waals surface area contributed by atoms with Gasteiger partial charge in [-0.25, -0.2) is 4.98 Å². The van der Waals surface area contributed by atoms with Crippen molar-refractivity contribution in [3.05, 3.63) is 18.3 Å². The zero-order valence-electron chi connectivity index (χ0n) is 8.48. The van der Waals surface area contributed by atoms with Crippen molar-refractivity contribution in [1.29, 1.82) is 0 Å². The fourth-order valence-corrected chi connectivity index (χ4v) is 2.35. The molecule has 0 aromatic carbocycles. The van der Waals surface area contributed by atoms with E-state index in [0.717, 1.165) is 36.2 Å². The second-order valence-corrected chi connectivity index (χ2v) is 4.41. The maximum Gasteiger partial charge on any atom is 0.119 e. The first kappa shape index (κ1) is 10.7. The van der Waals surface area contributed by atoms with E-state index >= 15 is 0 Å². The highest BCUT2D eigenvalue weighted by molar-refractivity contribution is 7.99. The van der Waals surface area contributed by atoms with E-state index in [2.05, 4.69) is 10.3 Å². The molecular formula is C10H15N3OS. The minimum absolute atomic E-state index is 0.269. The summed E-state index contributed by atoms with van der Waals surface area (Å²) in [6.45, 7) is 2.66. The first-order valence-corrected chi connectivity index (χ1v) is 6.00. The van der Waals surface area contributed by atoms with E-state index in [4.69, 9.17) is 10.5 Å². The number of thioether (sulfide) groups is 1. The molecule has 1 atom stereocenters. The van der Waals surface area contributed by atoms with Crippen molar-refractivity contribution < 1.29 is 4.74 Å². The number of nitrogen functional groups attached to an aromatic ring is 1. The molecule has 15 heavy (non-hydrogen) atoms. The SMILES string of the molecule is Nc1cccnc1SCC1CNCCO1. The van der Waals surface area contributed by atoms with Crippen molar-refractivity contribution in [3.8, 4) is 0 Å².